The van der Waals surface area contributed by atoms with Crippen molar-refractivity contribution in [2.75, 3.05) is 25.9 Å². The maximum Gasteiger partial charge on any atom is 0.251 e. The lowest BCUT2D eigenvalue weighted by atomic mass is 9.87. The third-order valence-corrected chi connectivity index (χ3v) is 4.64. The van der Waals surface area contributed by atoms with Gasteiger partial charge in [-0.05, 0) is 69.6 Å². The molecule has 1 aromatic heterocycles. The summed E-state index contributed by atoms with van der Waals surface area (Å²) in [5.74, 6) is 0.463. The molecule has 0 radical (unpaired) electrons. The fraction of sp³-hybridized carbons (Fsp3) is 0.471. The van der Waals surface area contributed by atoms with E-state index in [0.717, 1.165) is 42.5 Å². The van der Waals surface area contributed by atoms with Crippen LogP contribution in [0.15, 0.2) is 29.1 Å². The number of pyridine rings is 1. The van der Waals surface area contributed by atoms with E-state index in [1.54, 1.807) is 0 Å². The van der Waals surface area contributed by atoms with Crippen LogP contribution in [0, 0.1) is 0 Å². The van der Waals surface area contributed by atoms with Gasteiger partial charge in [-0.25, -0.2) is 0 Å². The predicted octanol–water partition coefficient (Wildman–Crippen LogP) is 2.41. The summed E-state index contributed by atoms with van der Waals surface area (Å²) in [5.41, 5.74) is 9.03. The van der Waals surface area contributed by atoms with E-state index in [1.165, 1.54) is 5.56 Å². The van der Waals surface area contributed by atoms with Gasteiger partial charge in [-0.2, -0.15) is 0 Å². The molecular formula is C17H23N3O. The minimum atomic E-state index is 0.101. The van der Waals surface area contributed by atoms with Crippen molar-refractivity contribution in [1.29, 1.82) is 0 Å². The average Bonchev–Trinajstić information content (AvgIpc) is 2.48. The van der Waals surface area contributed by atoms with Gasteiger partial charge in [0.1, 0.15) is 0 Å². The fourth-order valence-electron chi connectivity index (χ4n) is 3.41. The average molecular weight is 285 g/mol. The van der Waals surface area contributed by atoms with Crippen molar-refractivity contribution in [2.45, 2.75) is 32.2 Å². The number of hydrogen-bond donors (Lipinski definition) is 1. The van der Waals surface area contributed by atoms with Crippen LogP contribution in [0.1, 0.15) is 31.2 Å². The zero-order valence-electron chi connectivity index (χ0n) is 12.8. The van der Waals surface area contributed by atoms with Gasteiger partial charge in [0.05, 0.1) is 5.52 Å². The molecule has 0 amide bonds. The Morgan fingerprint density at radius 1 is 1.24 bits per heavy atom. The SMILES string of the molecule is CCn1c(=O)cc(C2CCN(C)CC2)c2cc(N)ccc21. The second-order valence-electron chi connectivity index (χ2n) is 6.04. The molecule has 0 atom stereocenters. The Kier molecular flexibility index (Phi) is 3.72. The highest BCUT2D eigenvalue weighted by Gasteiger charge is 2.21. The Balaban J connectivity index is 2.18. The Hall–Kier alpha value is -1.81. The van der Waals surface area contributed by atoms with Crippen molar-refractivity contribution in [3.05, 3.63) is 40.2 Å². The van der Waals surface area contributed by atoms with E-state index in [0.29, 0.717) is 12.5 Å². The monoisotopic (exact) mass is 285 g/mol. The molecule has 2 aromatic rings. The first kappa shape index (κ1) is 14.1. The standard InChI is InChI=1S/C17H23N3O/c1-3-20-16-5-4-13(18)10-15(16)14(11-17(20)21)12-6-8-19(2)9-7-12/h4-5,10-12H,3,6-9,18H2,1-2H3. The van der Waals surface area contributed by atoms with Gasteiger partial charge in [0.15, 0.2) is 0 Å². The molecule has 2 N–H and O–H groups in total. The molecular weight excluding hydrogens is 262 g/mol. The summed E-state index contributed by atoms with van der Waals surface area (Å²) in [6.45, 7) is 4.87. The van der Waals surface area contributed by atoms with Crippen LogP contribution in [-0.2, 0) is 6.54 Å². The number of fused-ring (bicyclic) bond motifs is 1. The van der Waals surface area contributed by atoms with Gasteiger partial charge >= 0.3 is 0 Å². The summed E-state index contributed by atoms with van der Waals surface area (Å²) in [6, 6.07) is 7.72. The Morgan fingerprint density at radius 2 is 1.95 bits per heavy atom. The lowest BCUT2D eigenvalue weighted by Gasteiger charge is -2.30. The van der Waals surface area contributed by atoms with Crippen molar-refractivity contribution in [3.8, 4) is 0 Å². The van der Waals surface area contributed by atoms with E-state index in [1.807, 2.05) is 35.8 Å². The first-order chi connectivity index (χ1) is 10.1. The molecule has 0 saturated carbocycles. The zero-order valence-corrected chi connectivity index (χ0v) is 12.8. The van der Waals surface area contributed by atoms with Crippen molar-refractivity contribution in [3.63, 3.8) is 0 Å². The summed E-state index contributed by atoms with van der Waals surface area (Å²) in [5, 5.41) is 1.14. The van der Waals surface area contributed by atoms with E-state index in [-0.39, 0.29) is 5.56 Å². The van der Waals surface area contributed by atoms with Crippen molar-refractivity contribution >= 4 is 16.6 Å². The molecule has 0 spiro atoms. The van der Waals surface area contributed by atoms with E-state index >= 15 is 0 Å². The first-order valence-corrected chi connectivity index (χ1v) is 7.71. The number of aryl methyl sites for hydroxylation is 1. The smallest absolute Gasteiger partial charge is 0.251 e. The number of hydrogen-bond acceptors (Lipinski definition) is 3. The van der Waals surface area contributed by atoms with Crippen LogP contribution in [0.2, 0.25) is 0 Å². The normalized spacial score (nSPS) is 17.4. The van der Waals surface area contributed by atoms with Crippen LogP contribution >= 0.6 is 0 Å². The van der Waals surface area contributed by atoms with Gasteiger partial charge in [0, 0.05) is 23.7 Å². The molecule has 112 valence electrons. The minimum Gasteiger partial charge on any atom is -0.399 e. The third kappa shape index (κ3) is 2.56. The van der Waals surface area contributed by atoms with Crippen LogP contribution in [-0.4, -0.2) is 29.6 Å². The second kappa shape index (κ2) is 5.53. The molecule has 0 unspecified atom stereocenters. The Labute approximate surface area is 125 Å². The molecule has 1 aliphatic heterocycles. The van der Waals surface area contributed by atoms with Gasteiger partial charge in [0.25, 0.3) is 5.56 Å². The van der Waals surface area contributed by atoms with Crippen molar-refractivity contribution in [1.82, 2.24) is 9.47 Å². The van der Waals surface area contributed by atoms with Crippen LogP contribution in [0.5, 0.6) is 0 Å². The van der Waals surface area contributed by atoms with Crippen LogP contribution in [0.25, 0.3) is 10.9 Å². The highest BCUT2D eigenvalue weighted by Crippen LogP contribution is 2.32. The lowest BCUT2D eigenvalue weighted by molar-refractivity contribution is 0.256. The minimum absolute atomic E-state index is 0.101. The van der Waals surface area contributed by atoms with Gasteiger partial charge in [-0.3, -0.25) is 4.79 Å². The molecule has 21 heavy (non-hydrogen) atoms. The number of aromatic nitrogens is 1. The topological polar surface area (TPSA) is 51.3 Å². The van der Waals surface area contributed by atoms with Crippen LogP contribution in [0.3, 0.4) is 0 Å². The molecule has 1 fully saturated rings. The number of benzene rings is 1. The molecule has 2 heterocycles. The lowest BCUT2D eigenvalue weighted by Crippen LogP contribution is -2.30. The molecule has 3 rings (SSSR count). The van der Waals surface area contributed by atoms with Gasteiger partial charge in [0.2, 0.25) is 0 Å². The highest BCUT2D eigenvalue weighted by atomic mass is 16.1. The van der Waals surface area contributed by atoms with Gasteiger partial charge in [-0.15, -0.1) is 0 Å². The van der Waals surface area contributed by atoms with Crippen LogP contribution < -0.4 is 11.3 Å². The van der Waals surface area contributed by atoms with E-state index in [2.05, 4.69) is 11.9 Å². The maximum absolute atomic E-state index is 12.4. The van der Waals surface area contributed by atoms with E-state index < -0.39 is 0 Å². The number of nitrogens with zero attached hydrogens (tertiary/aromatic N) is 2. The largest absolute Gasteiger partial charge is 0.399 e. The predicted molar refractivity (Wildman–Crippen MR) is 87.8 cm³/mol. The number of anilines is 1. The fourth-order valence-corrected chi connectivity index (χ4v) is 3.41. The number of rotatable bonds is 2. The molecule has 0 bridgehead atoms. The zero-order chi connectivity index (χ0) is 15.0. The van der Waals surface area contributed by atoms with E-state index in [9.17, 15) is 4.79 Å². The second-order valence-corrected chi connectivity index (χ2v) is 6.04. The maximum atomic E-state index is 12.4. The Bertz CT molecular complexity index is 712. The Morgan fingerprint density at radius 3 is 2.62 bits per heavy atom. The molecule has 0 aliphatic carbocycles. The van der Waals surface area contributed by atoms with Gasteiger partial charge < -0.3 is 15.2 Å². The first-order valence-electron chi connectivity index (χ1n) is 7.71. The van der Waals surface area contributed by atoms with Crippen molar-refractivity contribution in [2.24, 2.45) is 0 Å². The quantitative estimate of drug-likeness (QED) is 0.862. The third-order valence-electron chi connectivity index (χ3n) is 4.64. The molecule has 1 aliphatic rings. The van der Waals surface area contributed by atoms with E-state index in [4.69, 9.17) is 5.73 Å². The molecule has 4 heteroatoms. The van der Waals surface area contributed by atoms with Crippen molar-refractivity contribution < 1.29 is 0 Å². The summed E-state index contributed by atoms with van der Waals surface area (Å²) < 4.78 is 1.83. The summed E-state index contributed by atoms with van der Waals surface area (Å²) >= 11 is 0. The number of nitrogen functional groups attached to an aromatic ring is 1. The number of piperidine rings is 1. The van der Waals surface area contributed by atoms with Crippen LogP contribution in [0.4, 0.5) is 5.69 Å². The molecule has 1 saturated heterocycles. The van der Waals surface area contributed by atoms with Gasteiger partial charge in [-0.1, -0.05) is 0 Å². The highest BCUT2D eigenvalue weighted by molar-refractivity contribution is 5.86. The molecule has 1 aromatic carbocycles. The number of nitrogens with two attached hydrogens (primary N) is 1. The summed E-state index contributed by atoms with van der Waals surface area (Å²) in [7, 11) is 2.15. The summed E-state index contributed by atoms with van der Waals surface area (Å²) in [6.07, 6.45) is 2.21. The summed E-state index contributed by atoms with van der Waals surface area (Å²) in [4.78, 5) is 14.7. The number of likely N-dealkylation sites (tertiary alicyclic amines) is 1. The molecule has 4 nitrogen and oxygen atoms in total.